The van der Waals surface area contributed by atoms with Crippen LogP contribution in [-0.4, -0.2) is 10.7 Å². The van der Waals surface area contributed by atoms with E-state index in [1.807, 2.05) is 0 Å². The molecule has 0 N–H and O–H groups in total. The number of alkyl halides is 2. The lowest BCUT2D eigenvalue weighted by Crippen LogP contribution is -2.34. The molecule has 2 aromatic heterocycles. The van der Waals surface area contributed by atoms with Crippen LogP contribution in [0.1, 0.15) is 125 Å². The van der Waals surface area contributed by atoms with E-state index in [-0.39, 0.29) is 0 Å². The molecule has 2 aromatic rings. The Kier molecular flexibility index (Phi) is 21.1. The van der Waals surface area contributed by atoms with Crippen LogP contribution in [0.5, 0.6) is 0 Å². The molecular weight excluding hydrogens is 692 g/mol. The first-order valence-corrected chi connectivity index (χ1v) is 20.1. The summed E-state index contributed by atoms with van der Waals surface area (Å²) in [5.41, 5.74) is 6.26. The largest absolute Gasteiger partial charge is 0.205 e. The Morgan fingerprint density at radius 1 is 0.457 bits per heavy atom. The van der Waals surface area contributed by atoms with Gasteiger partial charge < -0.3 is 0 Å². The van der Waals surface area contributed by atoms with Crippen LogP contribution in [0.2, 0.25) is 0 Å². The lowest BCUT2D eigenvalue weighted by atomic mass is 9.93. The topological polar surface area (TPSA) is 7.76 Å². The second-order valence-electron chi connectivity index (χ2n) is 12.3. The highest BCUT2D eigenvalue weighted by molar-refractivity contribution is 9.09. The molecule has 2 aliphatic rings. The van der Waals surface area contributed by atoms with Gasteiger partial charge in [-0.05, 0) is 125 Å². The number of hydrogen-bond donors (Lipinski definition) is 0. The third-order valence-electron chi connectivity index (χ3n) is 8.47. The molecule has 4 rings (SSSR count). The van der Waals surface area contributed by atoms with Gasteiger partial charge in [0.05, 0.1) is 0 Å². The molecule has 0 saturated carbocycles. The third kappa shape index (κ3) is 16.9. The maximum Gasteiger partial charge on any atom is 0.172 e. The zero-order valence-electron chi connectivity index (χ0n) is 28.1. The summed E-state index contributed by atoms with van der Waals surface area (Å²) < 4.78 is 4.72. The Morgan fingerprint density at radius 3 is 1.17 bits per heavy atom. The van der Waals surface area contributed by atoms with Crippen molar-refractivity contribution in [2.75, 3.05) is 10.7 Å². The third-order valence-corrected chi connectivity index (χ3v) is 9.59. The SMILES string of the molecule is BrCCCCC#CC#CCCCCBr.C(C#CCCCC[n+]1ccc2c(c1)CCCC2)#CCCCC[n+]1ccc2c(c1)CCCC2. The predicted molar refractivity (Wildman–Crippen MR) is 201 cm³/mol. The number of unbranched alkanes of at least 4 members (excludes halogenated alkanes) is 8. The van der Waals surface area contributed by atoms with Crippen LogP contribution in [0.15, 0.2) is 36.9 Å². The van der Waals surface area contributed by atoms with Gasteiger partial charge in [0.1, 0.15) is 13.1 Å². The molecule has 0 aliphatic heterocycles. The summed E-state index contributed by atoms with van der Waals surface area (Å²) in [6.07, 6.45) is 33.0. The van der Waals surface area contributed by atoms with E-state index in [9.17, 15) is 0 Å². The van der Waals surface area contributed by atoms with Crippen molar-refractivity contribution in [3.05, 3.63) is 59.2 Å². The number of hydrogen-bond acceptors (Lipinski definition) is 0. The second kappa shape index (κ2) is 25.6. The number of nitrogens with zero attached hydrogens (tertiary/aromatic N) is 2. The number of aryl methyl sites for hydroxylation is 6. The van der Waals surface area contributed by atoms with Crippen LogP contribution in [0, 0.1) is 47.4 Å². The van der Waals surface area contributed by atoms with Crippen LogP contribution in [0.3, 0.4) is 0 Å². The van der Waals surface area contributed by atoms with Crippen molar-refractivity contribution in [1.29, 1.82) is 0 Å². The van der Waals surface area contributed by atoms with Gasteiger partial charge in [0.2, 0.25) is 0 Å². The Morgan fingerprint density at radius 2 is 0.804 bits per heavy atom. The Balaban J connectivity index is 0.000000349. The van der Waals surface area contributed by atoms with E-state index >= 15 is 0 Å². The molecule has 0 atom stereocenters. The standard InChI is InChI=1S/C30H38N2.C12H16Br2/c1(3-5-7-13-21-31-23-19-27-15-9-11-17-29(27)25-31)2-4-6-8-14-22-32-24-20-28-16-10-12-18-30(28)26-32;13-11-9-7-5-3-1-2-4-6-8-10-12-14/h19-20,23-26H,5-18,21-22H2;5-12H2/q+2;. The minimum atomic E-state index is 0.954. The van der Waals surface area contributed by atoms with Crippen LogP contribution in [0.25, 0.3) is 0 Å². The fourth-order valence-corrected chi connectivity index (χ4v) is 6.57. The smallest absolute Gasteiger partial charge is 0.172 e. The molecule has 4 heteroatoms. The van der Waals surface area contributed by atoms with E-state index in [4.69, 9.17) is 0 Å². The van der Waals surface area contributed by atoms with Crippen molar-refractivity contribution in [3.63, 3.8) is 0 Å². The molecule has 0 aromatic carbocycles. The fourth-order valence-electron chi connectivity index (χ4n) is 5.77. The molecule has 2 aliphatic carbocycles. The van der Waals surface area contributed by atoms with E-state index in [0.29, 0.717) is 0 Å². The molecule has 2 nitrogen and oxygen atoms in total. The molecule has 0 unspecified atom stereocenters. The summed E-state index contributed by atoms with van der Waals surface area (Å²) >= 11 is 6.77. The second-order valence-corrected chi connectivity index (χ2v) is 13.9. The molecule has 46 heavy (non-hydrogen) atoms. The maximum absolute atomic E-state index is 3.39. The maximum atomic E-state index is 3.39. The molecule has 0 amide bonds. The predicted octanol–water partition coefficient (Wildman–Crippen LogP) is 9.19. The summed E-state index contributed by atoms with van der Waals surface area (Å²) in [7, 11) is 0. The first kappa shape index (κ1) is 38.0. The molecule has 2 heterocycles. The van der Waals surface area contributed by atoms with Crippen molar-refractivity contribution in [3.8, 4) is 47.4 Å². The summed E-state index contributed by atoms with van der Waals surface area (Å²) in [5.74, 6) is 24.4. The Bertz CT molecular complexity index is 1300. The molecule has 0 saturated heterocycles. The average Bonchev–Trinajstić information content (AvgIpc) is 3.09. The lowest BCUT2D eigenvalue weighted by Gasteiger charge is -2.13. The van der Waals surface area contributed by atoms with Crippen molar-refractivity contribution < 1.29 is 9.13 Å². The zero-order chi connectivity index (χ0) is 32.3. The molecule has 244 valence electrons. The highest BCUT2D eigenvalue weighted by atomic mass is 79.9. The van der Waals surface area contributed by atoms with E-state index in [1.54, 1.807) is 22.3 Å². The van der Waals surface area contributed by atoms with Gasteiger partial charge in [-0.3, -0.25) is 0 Å². The minimum absolute atomic E-state index is 0.954. The fraction of sp³-hybridized carbons (Fsp3) is 0.571. The van der Waals surface area contributed by atoms with Crippen molar-refractivity contribution in [2.45, 2.75) is 142 Å². The van der Waals surface area contributed by atoms with Crippen molar-refractivity contribution >= 4 is 31.9 Å². The number of halogens is 2. The van der Waals surface area contributed by atoms with Gasteiger partial charge in [0.15, 0.2) is 24.8 Å². The Labute approximate surface area is 298 Å². The molecule has 0 bridgehead atoms. The molecule has 0 spiro atoms. The normalized spacial score (nSPS) is 12.6. The number of pyridine rings is 2. The molecule has 0 radical (unpaired) electrons. The summed E-state index contributed by atoms with van der Waals surface area (Å²) in [6.45, 7) is 2.20. The van der Waals surface area contributed by atoms with Crippen LogP contribution in [-0.2, 0) is 38.8 Å². The van der Waals surface area contributed by atoms with Crippen LogP contribution < -0.4 is 9.13 Å². The van der Waals surface area contributed by atoms with Gasteiger partial charge in [0.25, 0.3) is 0 Å². The number of aromatic nitrogens is 2. The number of rotatable bonds is 14. The number of fused-ring (bicyclic) bond motifs is 2. The monoisotopic (exact) mass is 744 g/mol. The van der Waals surface area contributed by atoms with Crippen molar-refractivity contribution in [1.82, 2.24) is 0 Å². The van der Waals surface area contributed by atoms with E-state index in [1.165, 1.54) is 89.9 Å². The quantitative estimate of drug-likeness (QED) is 0.0789. The van der Waals surface area contributed by atoms with Gasteiger partial charge in [-0.1, -0.05) is 55.5 Å². The zero-order valence-corrected chi connectivity index (χ0v) is 31.3. The van der Waals surface area contributed by atoms with Crippen molar-refractivity contribution in [2.24, 2.45) is 0 Å². The van der Waals surface area contributed by atoms with E-state index < -0.39 is 0 Å². The summed E-state index contributed by atoms with van der Waals surface area (Å²) in [6, 6.07) is 4.66. The van der Waals surface area contributed by atoms with E-state index in [0.717, 1.165) is 62.3 Å². The summed E-state index contributed by atoms with van der Waals surface area (Å²) in [4.78, 5) is 0. The average molecular weight is 747 g/mol. The first-order chi connectivity index (χ1) is 22.8. The lowest BCUT2D eigenvalue weighted by molar-refractivity contribution is -0.698. The van der Waals surface area contributed by atoms with E-state index in [2.05, 4.69) is 125 Å². The van der Waals surface area contributed by atoms with Crippen LogP contribution >= 0.6 is 31.9 Å². The van der Waals surface area contributed by atoms with Gasteiger partial charge in [-0.2, -0.15) is 0 Å². The van der Waals surface area contributed by atoms with Gasteiger partial charge in [-0.25, -0.2) is 9.13 Å². The Hall–Kier alpha value is -2.50. The highest BCUT2D eigenvalue weighted by Crippen LogP contribution is 2.19. The molecule has 0 fully saturated rings. The first-order valence-electron chi connectivity index (χ1n) is 17.8. The minimum Gasteiger partial charge on any atom is -0.205 e. The van der Waals surface area contributed by atoms with Gasteiger partial charge in [0, 0.05) is 72.4 Å². The van der Waals surface area contributed by atoms with Crippen LogP contribution in [0.4, 0.5) is 0 Å². The summed E-state index contributed by atoms with van der Waals surface area (Å²) in [5, 5.41) is 2.15. The van der Waals surface area contributed by atoms with Gasteiger partial charge in [-0.15, -0.1) is 0 Å². The molecular formula is C42H54Br2N2+2. The van der Waals surface area contributed by atoms with Gasteiger partial charge >= 0.3 is 0 Å². The highest BCUT2D eigenvalue weighted by Gasteiger charge is 2.14.